The van der Waals surface area contributed by atoms with Gasteiger partial charge in [0, 0.05) is 47.3 Å². The third-order valence-corrected chi connectivity index (χ3v) is 7.99. The molecule has 3 aromatic rings. The van der Waals surface area contributed by atoms with Gasteiger partial charge in [-0.3, -0.25) is 14.5 Å². The first-order chi connectivity index (χ1) is 17.7. The Labute approximate surface area is 230 Å². The summed E-state index contributed by atoms with van der Waals surface area (Å²) in [7, 11) is 1.81. The summed E-state index contributed by atoms with van der Waals surface area (Å²) in [6.07, 6.45) is 5.87. The summed E-state index contributed by atoms with van der Waals surface area (Å²) in [4.78, 5) is 29.6. The minimum absolute atomic E-state index is 0.0781. The molecular formula is C28H29BrN4O3S. The van der Waals surface area contributed by atoms with E-state index in [1.54, 1.807) is 16.8 Å². The van der Waals surface area contributed by atoms with Crippen LogP contribution in [0.3, 0.4) is 0 Å². The van der Waals surface area contributed by atoms with Gasteiger partial charge in [-0.2, -0.15) is 0 Å². The van der Waals surface area contributed by atoms with Crippen LogP contribution >= 0.6 is 28.1 Å². The first-order valence-corrected chi connectivity index (χ1v) is 13.5. The highest BCUT2D eigenvalue weighted by Gasteiger charge is 2.37. The first kappa shape index (κ1) is 25.6. The number of aryl methyl sites for hydroxylation is 2. The molecular weight excluding hydrogens is 552 g/mol. The number of likely N-dealkylation sites (N-methyl/N-ethyl adjacent to an activating group) is 1. The summed E-state index contributed by atoms with van der Waals surface area (Å²) in [6, 6.07) is 11.8. The van der Waals surface area contributed by atoms with Crippen molar-refractivity contribution in [1.29, 1.82) is 0 Å². The molecule has 1 atom stereocenters. The topological polar surface area (TPSA) is 66.8 Å². The zero-order chi connectivity index (χ0) is 26.3. The van der Waals surface area contributed by atoms with Crippen LogP contribution in [0.15, 0.2) is 52.8 Å². The van der Waals surface area contributed by atoms with Crippen LogP contribution in [0.2, 0.25) is 0 Å². The predicted molar refractivity (Wildman–Crippen MR) is 153 cm³/mol. The number of nitrogens with zero attached hydrogens (tertiary/aromatic N) is 3. The Morgan fingerprint density at radius 1 is 1.22 bits per heavy atom. The Balaban J connectivity index is 1.45. The van der Waals surface area contributed by atoms with Gasteiger partial charge in [0.25, 0.3) is 5.91 Å². The predicted octanol–water partition coefficient (Wildman–Crippen LogP) is 4.92. The number of benzene rings is 2. The molecule has 2 saturated heterocycles. The van der Waals surface area contributed by atoms with Crippen molar-refractivity contribution in [1.82, 2.24) is 14.8 Å². The van der Waals surface area contributed by atoms with Gasteiger partial charge in [-0.05, 0) is 86.4 Å². The Bertz CT molecular complexity index is 1440. The molecule has 2 aromatic carbocycles. The molecule has 0 radical (unpaired) electrons. The van der Waals surface area contributed by atoms with Gasteiger partial charge < -0.3 is 19.5 Å². The maximum absolute atomic E-state index is 13.6. The number of aromatic nitrogens is 1. The van der Waals surface area contributed by atoms with E-state index in [2.05, 4.69) is 21.2 Å². The molecule has 0 saturated carbocycles. The number of hydrogen-bond acceptors (Lipinski definition) is 4. The number of hydrogen-bond donors (Lipinski definition) is 1. The molecule has 2 amide bonds. The van der Waals surface area contributed by atoms with E-state index in [9.17, 15) is 9.59 Å². The largest absolute Gasteiger partial charge is 0.376 e. The SMILES string of the molecule is Cc1ccc(N2C(=O)/C(=C/c3cn(CC(=O)NC[C@H]4CCCO4)c4ccc(Br)cc34)N(C)C2=S)cc1C. The third kappa shape index (κ3) is 5.08. The number of carbonyl (C=O) groups excluding carboxylic acids is 2. The Morgan fingerprint density at radius 3 is 2.76 bits per heavy atom. The summed E-state index contributed by atoms with van der Waals surface area (Å²) in [5, 5.41) is 4.35. The van der Waals surface area contributed by atoms with Crippen molar-refractivity contribution < 1.29 is 14.3 Å². The Morgan fingerprint density at radius 2 is 2.03 bits per heavy atom. The van der Waals surface area contributed by atoms with E-state index in [4.69, 9.17) is 17.0 Å². The van der Waals surface area contributed by atoms with Gasteiger partial charge in [0.1, 0.15) is 12.2 Å². The average molecular weight is 582 g/mol. The minimum atomic E-state index is -0.180. The van der Waals surface area contributed by atoms with Crippen molar-refractivity contribution in [3.63, 3.8) is 0 Å². The number of rotatable bonds is 6. The molecule has 2 fully saturated rings. The summed E-state index contributed by atoms with van der Waals surface area (Å²) >= 11 is 9.22. The van der Waals surface area contributed by atoms with E-state index in [0.29, 0.717) is 17.4 Å². The summed E-state index contributed by atoms with van der Waals surface area (Å²) < 4.78 is 8.44. The number of carbonyl (C=O) groups is 2. The fourth-order valence-electron chi connectivity index (χ4n) is 4.78. The molecule has 0 aliphatic carbocycles. The lowest BCUT2D eigenvalue weighted by atomic mass is 10.1. The van der Waals surface area contributed by atoms with Gasteiger partial charge >= 0.3 is 0 Å². The molecule has 0 spiro atoms. The number of nitrogens with one attached hydrogen (secondary N) is 1. The number of amides is 2. The second-order valence-electron chi connectivity index (χ2n) is 9.59. The smallest absolute Gasteiger partial charge is 0.281 e. The van der Waals surface area contributed by atoms with Crippen molar-refractivity contribution in [3.05, 3.63) is 69.5 Å². The molecule has 9 heteroatoms. The van der Waals surface area contributed by atoms with Crippen LogP contribution in [-0.2, 0) is 20.9 Å². The molecule has 37 heavy (non-hydrogen) atoms. The van der Waals surface area contributed by atoms with E-state index in [0.717, 1.165) is 57.2 Å². The highest BCUT2D eigenvalue weighted by atomic mass is 79.9. The fraction of sp³-hybridized carbons (Fsp3) is 0.321. The molecule has 2 aliphatic rings. The maximum Gasteiger partial charge on any atom is 0.281 e. The van der Waals surface area contributed by atoms with Crippen molar-refractivity contribution in [3.8, 4) is 0 Å². The van der Waals surface area contributed by atoms with Crippen molar-refractivity contribution in [2.45, 2.75) is 39.3 Å². The molecule has 3 heterocycles. The van der Waals surface area contributed by atoms with Crippen LogP contribution in [-0.4, -0.2) is 52.7 Å². The van der Waals surface area contributed by atoms with Crippen LogP contribution in [0, 0.1) is 13.8 Å². The maximum atomic E-state index is 13.6. The van der Waals surface area contributed by atoms with Gasteiger partial charge in [-0.25, -0.2) is 0 Å². The molecule has 192 valence electrons. The van der Waals surface area contributed by atoms with Crippen LogP contribution in [0.4, 0.5) is 5.69 Å². The molecule has 7 nitrogen and oxygen atoms in total. The second kappa shape index (κ2) is 10.4. The van der Waals surface area contributed by atoms with Crippen LogP contribution in [0.25, 0.3) is 17.0 Å². The van der Waals surface area contributed by atoms with Crippen LogP contribution in [0.5, 0.6) is 0 Å². The van der Waals surface area contributed by atoms with Gasteiger partial charge in [0.05, 0.1) is 11.8 Å². The Kier molecular flexibility index (Phi) is 7.20. The van der Waals surface area contributed by atoms with Crippen LogP contribution < -0.4 is 10.2 Å². The van der Waals surface area contributed by atoms with Gasteiger partial charge in [0.2, 0.25) is 5.91 Å². The van der Waals surface area contributed by atoms with E-state index in [1.165, 1.54) is 0 Å². The van der Waals surface area contributed by atoms with Crippen LogP contribution in [0.1, 0.15) is 29.5 Å². The number of fused-ring (bicyclic) bond motifs is 1. The standard InChI is InChI=1S/C28H29BrN4O3S/c1-17-6-8-21(11-18(17)2)33-27(35)25(31(3)28(33)37)12-19-15-32(24-9-7-20(29)13-23(19)24)16-26(34)30-14-22-5-4-10-36-22/h6-9,11-13,15,22H,4-5,10,14,16H2,1-3H3,(H,30,34)/b25-12-/t22-/m1/s1. The van der Waals surface area contributed by atoms with Gasteiger partial charge in [0.15, 0.2) is 5.11 Å². The van der Waals surface area contributed by atoms with Crippen molar-refractivity contribution >= 4 is 67.7 Å². The zero-order valence-electron chi connectivity index (χ0n) is 21.1. The normalized spacial score (nSPS) is 19.0. The van der Waals surface area contributed by atoms with Crippen molar-refractivity contribution in [2.75, 3.05) is 25.1 Å². The summed E-state index contributed by atoms with van der Waals surface area (Å²) in [5.41, 5.74) is 5.22. The lowest BCUT2D eigenvalue weighted by Crippen LogP contribution is -2.34. The number of ether oxygens (including phenoxy) is 1. The molecule has 1 N–H and O–H groups in total. The number of halogens is 1. The number of anilines is 1. The summed E-state index contributed by atoms with van der Waals surface area (Å²) in [5.74, 6) is -0.258. The summed E-state index contributed by atoms with van der Waals surface area (Å²) in [6.45, 7) is 5.51. The van der Waals surface area contributed by atoms with E-state index in [1.807, 2.05) is 67.1 Å². The highest BCUT2D eigenvalue weighted by molar-refractivity contribution is 9.10. The average Bonchev–Trinajstić information content (AvgIpc) is 3.55. The van der Waals surface area contributed by atoms with E-state index < -0.39 is 0 Å². The quantitative estimate of drug-likeness (QED) is 0.331. The van der Waals surface area contributed by atoms with E-state index >= 15 is 0 Å². The molecule has 5 rings (SSSR count). The lowest BCUT2D eigenvalue weighted by Gasteiger charge is -2.17. The molecule has 0 unspecified atom stereocenters. The number of thiocarbonyl (C=S) groups is 1. The van der Waals surface area contributed by atoms with E-state index in [-0.39, 0.29) is 24.5 Å². The molecule has 1 aromatic heterocycles. The molecule has 2 aliphatic heterocycles. The van der Waals surface area contributed by atoms with Crippen molar-refractivity contribution in [2.24, 2.45) is 0 Å². The lowest BCUT2D eigenvalue weighted by molar-refractivity contribution is -0.122. The molecule has 0 bridgehead atoms. The monoisotopic (exact) mass is 580 g/mol. The highest BCUT2D eigenvalue weighted by Crippen LogP contribution is 2.32. The Hall–Kier alpha value is -3.01. The third-order valence-electron chi connectivity index (χ3n) is 7.04. The second-order valence-corrected chi connectivity index (χ2v) is 10.9. The minimum Gasteiger partial charge on any atom is -0.376 e. The van der Waals surface area contributed by atoms with Gasteiger partial charge in [-0.1, -0.05) is 22.0 Å². The fourth-order valence-corrected chi connectivity index (χ4v) is 5.43. The first-order valence-electron chi connectivity index (χ1n) is 12.3. The van der Waals surface area contributed by atoms with Gasteiger partial charge in [-0.15, -0.1) is 0 Å². The zero-order valence-corrected chi connectivity index (χ0v) is 23.5.